The van der Waals surface area contributed by atoms with Gasteiger partial charge in [0.05, 0.1) is 24.0 Å². The van der Waals surface area contributed by atoms with Crippen molar-refractivity contribution in [1.82, 2.24) is 25.0 Å². The van der Waals surface area contributed by atoms with E-state index in [1.807, 2.05) is 4.90 Å². The molecule has 8 heteroatoms. The van der Waals surface area contributed by atoms with Crippen molar-refractivity contribution in [2.75, 3.05) is 13.6 Å². The lowest BCUT2D eigenvalue weighted by Gasteiger charge is -2.22. The summed E-state index contributed by atoms with van der Waals surface area (Å²) in [6, 6.07) is -0.0592. The molecule has 1 fully saturated rings. The number of carbonyl (C=O) groups is 2. The highest BCUT2D eigenvalue weighted by Gasteiger charge is 2.33. The molecular weight excluding hydrogens is 302 g/mol. The lowest BCUT2D eigenvalue weighted by molar-refractivity contribution is 0.0735. The molecular formula is C14H17N5O2S. The van der Waals surface area contributed by atoms with Crippen LogP contribution in [0, 0.1) is 0 Å². The Hall–Kier alpha value is -2.22. The van der Waals surface area contributed by atoms with E-state index >= 15 is 0 Å². The van der Waals surface area contributed by atoms with Crippen molar-refractivity contribution in [3.63, 3.8) is 0 Å². The summed E-state index contributed by atoms with van der Waals surface area (Å²) >= 11 is 1.35. The molecule has 0 unspecified atom stereocenters. The van der Waals surface area contributed by atoms with E-state index in [0.29, 0.717) is 17.0 Å². The van der Waals surface area contributed by atoms with Crippen LogP contribution in [0.4, 0.5) is 0 Å². The number of carbonyl (C=O) groups excluding carboxylic acids is 2. The molecule has 2 aromatic heterocycles. The predicted molar refractivity (Wildman–Crippen MR) is 81.7 cm³/mol. The molecule has 1 saturated heterocycles. The first-order chi connectivity index (χ1) is 10.6. The van der Waals surface area contributed by atoms with E-state index in [1.165, 1.54) is 11.3 Å². The van der Waals surface area contributed by atoms with Gasteiger partial charge in [0.25, 0.3) is 11.8 Å². The molecule has 0 saturated carbocycles. The summed E-state index contributed by atoms with van der Waals surface area (Å²) in [4.78, 5) is 31.0. The number of nitrogens with one attached hydrogen (secondary N) is 1. The molecule has 1 N–H and O–H groups in total. The molecule has 1 aliphatic heterocycles. The van der Waals surface area contributed by atoms with Gasteiger partial charge in [0.2, 0.25) is 0 Å². The van der Waals surface area contributed by atoms with Crippen LogP contribution in [0.25, 0.3) is 0 Å². The zero-order valence-corrected chi connectivity index (χ0v) is 13.3. The second-order valence-electron chi connectivity index (χ2n) is 5.20. The normalized spacial score (nSPS) is 17.7. The maximum absolute atomic E-state index is 12.6. The highest BCUT2D eigenvalue weighted by molar-refractivity contribution is 7.13. The Labute approximate surface area is 132 Å². The van der Waals surface area contributed by atoms with Crippen molar-refractivity contribution in [3.8, 4) is 0 Å². The van der Waals surface area contributed by atoms with Crippen LogP contribution in [0.2, 0.25) is 0 Å². The molecule has 2 amide bonds. The van der Waals surface area contributed by atoms with Crippen LogP contribution in [0.3, 0.4) is 0 Å². The van der Waals surface area contributed by atoms with Crippen LogP contribution in [0.1, 0.15) is 43.9 Å². The van der Waals surface area contributed by atoms with E-state index in [4.69, 9.17) is 0 Å². The van der Waals surface area contributed by atoms with Crippen molar-refractivity contribution in [2.24, 2.45) is 7.05 Å². The maximum Gasteiger partial charge on any atom is 0.262 e. The van der Waals surface area contributed by atoms with Gasteiger partial charge in [-0.3, -0.25) is 14.3 Å². The number of likely N-dealkylation sites (tertiary alicyclic amines) is 1. The summed E-state index contributed by atoms with van der Waals surface area (Å²) in [6.45, 7) is 0.702. The van der Waals surface area contributed by atoms with Gasteiger partial charge in [-0.15, -0.1) is 11.3 Å². The number of hydrogen-bond acceptors (Lipinski definition) is 5. The lowest BCUT2D eigenvalue weighted by atomic mass is 10.2. The molecule has 0 aliphatic carbocycles. The van der Waals surface area contributed by atoms with Gasteiger partial charge in [0.1, 0.15) is 9.88 Å². The zero-order valence-electron chi connectivity index (χ0n) is 12.4. The van der Waals surface area contributed by atoms with Crippen LogP contribution in [0.15, 0.2) is 18.6 Å². The van der Waals surface area contributed by atoms with E-state index in [0.717, 1.165) is 17.8 Å². The number of aryl methyl sites for hydroxylation is 1. The van der Waals surface area contributed by atoms with Gasteiger partial charge in [0, 0.05) is 26.8 Å². The Morgan fingerprint density at radius 1 is 1.41 bits per heavy atom. The van der Waals surface area contributed by atoms with E-state index in [-0.39, 0.29) is 17.9 Å². The topological polar surface area (TPSA) is 80.1 Å². The zero-order chi connectivity index (χ0) is 15.7. The Balaban J connectivity index is 1.82. The first-order valence-electron chi connectivity index (χ1n) is 7.07. The van der Waals surface area contributed by atoms with E-state index in [9.17, 15) is 9.59 Å². The smallest absolute Gasteiger partial charge is 0.262 e. The Kier molecular flexibility index (Phi) is 3.93. The monoisotopic (exact) mass is 319 g/mol. The third-order valence-electron chi connectivity index (χ3n) is 3.72. The van der Waals surface area contributed by atoms with Gasteiger partial charge in [-0.05, 0) is 12.8 Å². The molecule has 0 aromatic carbocycles. The summed E-state index contributed by atoms with van der Waals surface area (Å²) in [6.07, 6.45) is 6.67. The first-order valence-corrected chi connectivity index (χ1v) is 7.89. The number of rotatable bonds is 3. The van der Waals surface area contributed by atoms with Crippen LogP contribution >= 0.6 is 11.3 Å². The third-order valence-corrected chi connectivity index (χ3v) is 4.82. The van der Waals surface area contributed by atoms with Crippen molar-refractivity contribution in [3.05, 3.63) is 34.0 Å². The molecule has 0 spiro atoms. The highest BCUT2D eigenvalue weighted by atomic mass is 32.1. The van der Waals surface area contributed by atoms with Crippen molar-refractivity contribution >= 4 is 23.2 Å². The summed E-state index contributed by atoms with van der Waals surface area (Å²) in [5, 5.41) is 7.45. The number of nitrogens with zero attached hydrogens (tertiary/aromatic N) is 4. The Morgan fingerprint density at radius 2 is 2.23 bits per heavy atom. The van der Waals surface area contributed by atoms with Gasteiger partial charge in [-0.1, -0.05) is 0 Å². The molecule has 0 bridgehead atoms. The average Bonchev–Trinajstić information content (AvgIpc) is 3.24. The number of aromatic nitrogens is 3. The molecule has 7 nitrogen and oxygen atoms in total. The first kappa shape index (κ1) is 14.7. The number of hydrogen-bond donors (Lipinski definition) is 1. The molecule has 1 aliphatic rings. The van der Waals surface area contributed by atoms with Crippen LogP contribution in [0.5, 0.6) is 0 Å². The Morgan fingerprint density at radius 3 is 2.91 bits per heavy atom. The average molecular weight is 319 g/mol. The fourth-order valence-corrected chi connectivity index (χ4v) is 3.65. The SMILES string of the molecule is CNC(=O)c1cnc([C@H]2CCCN2C(=O)c2cnn(C)c2)s1. The van der Waals surface area contributed by atoms with Crippen molar-refractivity contribution in [2.45, 2.75) is 18.9 Å². The molecule has 3 heterocycles. The molecule has 2 aromatic rings. The van der Waals surface area contributed by atoms with Crippen molar-refractivity contribution < 1.29 is 9.59 Å². The molecule has 22 heavy (non-hydrogen) atoms. The van der Waals surface area contributed by atoms with Gasteiger partial charge < -0.3 is 10.2 Å². The lowest BCUT2D eigenvalue weighted by Crippen LogP contribution is -2.30. The fourth-order valence-electron chi connectivity index (χ4n) is 2.63. The molecule has 3 rings (SSSR count). The van der Waals surface area contributed by atoms with Gasteiger partial charge >= 0.3 is 0 Å². The Bertz CT molecular complexity index is 708. The predicted octanol–water partition coefficient (Wildman–Crippen LogP) is 1.21. The van der Waals surface area contributed by atoms with Gasteiger partial charge in [0.15, 0.2) is 0 Å². The second-order valence-corrected chi connectivity index (χ2v) is 6.26. The molecule has 116 valence electrons. The second kappa shape index (κ2) is 5.88. The standard InChI is InChI=1S/C14H17N5O2S/c1-15-12(20)11-7-16-13(22-11)10-4-3-5-19(10)14(21)9-6-17-18(2)8-9/h6-8,10H,3-5H2,1-2H3,(H,15,20)/t10-/m1/s1. The maximum atomic E-state index is 12.6. The van der Waals surface area contributed by atoms with E-state index in [2.05, 4.69) is 15.4 Å². The van der Waals surface area contributed by atoms with E-state index < -0.39 is 0 Å². The quantitative estimate of drug-likeness (QED) is 0.922. The minimum Gasteiger partial charge on any atom is -0.354 e. The van der Waals surface area contributed by atoms with Crippen LogP contribution < -0.4 is 5.32 Å². The minimum atomic E-state index is -0.146. The van der Waals surface area contributed by atoms with Crippen molar-refractivity contribution in [1.29, 1.82) is 0 Å². The third kappa shape index (κ3) is 2.61. The molecule has 1 atom stereocenters. The summed E-state index contributed by atoms with van der Waals surface area (Å²) in [5.41, 5.74) is 0.581. The highest BCUT2D eigenvalue weighted by Crippen LogP contribution is 2.35. The van der Waals surface area contributed by atoms with Gasteiger partial charge in [-0.25, -0.2) is 4.98 Å². The molecule has 0 radical (unpaired) electrons. The largest absolute Gasteiger partial charge is 0.354 e. The number of thiazole rings is 1. The van der Waals surface area contributed by atoms with Crippen LogP contribution in [-0.2, 0) is 7.05 Å². The fraction of sp³-hybridized carbons (Fsp3) is 0.429. The number of amides is 2. The summed E-state index contributed by atoms with van der Waals surface area (Å²) < 4.78 is 1.62. The minimum absolute atomic E-state index is 0.0349. The summed E-state index contributed by atoms with van der Waals surface area (Å²) in [7, 11) is 3.38. The van der Waals surface area contributed by atoms with E-state index in [1.54, 1.807) is 37.4 Å². The van der Waals surface area contributed by atoms with Gasteiger partial charge in [-0.2, -0.15) is 5.10 Å². The van der Waals surface area contributed by atoms with Crippen LogP contribution in [-0.4, -0.2) is 45.1 Å². The summed E-state index contributed by atoms with van der Waals surface area (Å²) in [5.74, 6) is -0.181.